The summed E-state index contributed by atoms with van der Waals surface area (Å²) in [6, 6.07) is 9.56. The number of hydrogen-bond acceptors (Lipinski definition) is 5. The van der Waals surface area contributed by atoms with Crippen molar-refractivity contribution >= 4 is 12.0 Å². The van der Waals surface area contributed by atoms with Gasteiger partial charge >= 0.3 is 12.0 Å². The summed E-state index contributed by atoms with van der Waals surface area (Å²) in [5.41, 5.74) is 2.85. The van der Waals surface area contributed by atoms with Crippen LogP contribution in [0.5, 0.6) is 17.2 Å². The van der Waals surface area contributed by atoms with Gasteiger partial charge in [-0.05, 0) is 53.3 Å². The van der Waals surface area contributed by atoms with Gasteiger partial charge in [-0.2, -0.15) is 0 Å². The predicted octanol–water partition coefficient (Wildman–Crippen LogP) is 3.87. The first kappa shape index (κ1) is 24.2. The fourth-order valence-corrected chi connectivity index (χ4v) is 4.21. The summed E-state index contributed by atoms with van der Waals surface area (Å²) in [5.74, 6) is 0.668. The largest absolute Gasteiger partial charge is 0.497 e. The van der Waals surface area contributed by atoms with Gasteiger partial charge in [0.15, 0.2) is 11.5 Å². The molecule has 2 aromatic carbocycles. The maximum absolute atomic E-state index is 13.4. The number of benzene rings is 2. The molecule has 2 amide bonds. The van der Waals surface area contributed by atoms with Crippen LogP contribution in [0.1, 0.15) is 43.0 Å². The molecule has 0 unspecified atom stereocenters. The van der Waals surface area contributed by atoms with E-state index in [-0.39, 0.29) is 5.92 Å². The van der Waals surface area contributed by atoms with Gasteiger partial charge in [-0.3, -0.25) is 0 Å². The number of urea groups is 1. The summed E-state index contributed by atoms with van der Waals surface area (Å²) in [7, 11) is 4.76. The Balaban J connectivity index is 2.06. The van der Waals surface area contributed by atoms with Crippen molar-refractivity contribution in [1.29, 1.82) is 0 Å². The highest BCUT2D eigenvalue weighted by Gasteiger charge is 2.36. The summed E-state index contributed by atoms with van der Waals surface area (Å²) in [4.78, 5) is 26.9. The number of nitrogens with zero attached hydrogens (tertiary/aromatic N) is 1. The molecule has 8 nitrogen and oxygen atoms in total. The Morgan fingerprint density at radius 2 is 1.73 bits per heavy atom. The topological polar surface area (TPSA) is 97.3 Å². The van der Waals surface area contributed by atoms with Crippen molar-refractivity contribution in [3.8, 4) is 17.2 Å². The second-order valence-electron chi connectivity index (χ2n) is 8.18. The highest BCUT2D eigenvalue weighted by Crippen LogP contribution is 2.41. The van der Waals surface area contributed by atoms with Crippen molar-refractivity contribution in [3.63, 3.8) is 0 Å². The number of hydrogen-bond donors (Lipinski definition) is 2. The average molecular weight is 457 g/mol. The first-order valence-corrected chi connectivity index (χ1v) is 11.0. The third-order valence-electron chi connectivity index (χ3n) is 6.32. The lowest BCUT2D eigenvalue weighted by Gasteiger charge is -2.39. The molecule has 178 valence electrons. The van der Waals surface area contributed by atoms with Crippen LogP contribution in [-0.4, -0.2) is 55.9 Å². The maximum atomic E-state index is 13.4. The molecule has 3 rings (SSSR count). The summed E-state index contributed by atoms with van der Waals surface area (Å²) < 4.78 is 16.3. The number of nitrogens with one attached hydrogen (secondary N) is 1. The van der Waals surface area contributed by atoms with E-state index < -0.39 is 24.1 Å². The number of fused-ring (bicyclic) bond motifs is 1. The van der Waals surface area contributed by atoms with E-state index in [2.05, 4.69) is 5.32 Å². The summed E-state index contributed by atoms with van der Waals surface area (Å²) in [5, 5.41) is 12.4. The minimum atomic E-state index is -1.04. The number of carboxylic acid groups (broad SMARTS) is 1. The number of methoxy groups -OCH3 is 3. The van der Waals surface area contributed by atoms with E-state index in [9.17, 15) is 14.7 Å². The van der Waals surface area contributed by atoms with Crippen molar-refractivity contribution in [1.82, 2.24) is 10.2 Å². The highest BCUT2D eigenvalue weighted by atomic mass is 16.5. The Bertz CT molecular complexity index is 991. The number of carboxylic acids is 1. The monoisotopic (exact) mass is 456 g/mol. The lowest BCUT2D eigenvalue weighted by atomic mass is 9.87. The first-order valence-electron chi connectivity index (χ1n) is 11.0. The molecule has 2 aromatic rings. The van der Waals surface area contributed by atoms with Gasteiger partial charge in [0.2, 0.25) is 0 Å². The fraction of sp³-hybridized carbons (Fsp3) is 0.440. The number of rotatable bonds is 8. The molecule has 2 N–H and O–H groups in total. The van der Waals surface area contributed by atoms with Gasteiger partial charge in [0, 0.05) is 6.54 Å². The minimum absolute atomic E-state index is 0.202. The van der Waals surface area contributed by atoms with Crippen molar-refractivity contribution in [2.24, 2.45) is 5.92 Å². The van der Waals surface area contributed by atoms with E-state index in [0.717, 1.165) is 16.7 Å². The second kappa shape index (κ2) is 10.5. The van der Waals surface area contributed by atoms with Crippen LogP contribution < -0.4 is 19.5 Å². The van der Waals surface area contributed by atoms with Gasteiger partial charge in [-0.15, -0.1) is 0 Å². The minimum Gasteiger partial charge on any atom is -0.497 e. The number of aliphatic carboxylic acids is 1. The van der Waals surface area contributed by atoms with Crippen LogP contribution in [0.4, 0.5) is 4.79 Å². The molecule has 8 heteroatoms. The zero-order valence-electron chi connectivity index (χ0n) is 19.8. The van der Waals surface area contributed by atoms with Crippen LogP contribution in [0.25, 0.3) is 0 Å². The molecule has 0 saturated heterocycles. The maximum Gasteiger partial charge on any atom is 0.326 e. The van der Waals surface area contributed by atoms with Gasteiger partial charge in [-0.25, -0.2) is 9.59 Å². The summed E-state index contributed by atoms with van der Waals surface area (Å²) in [6.07, 6.45) is 1.25. The first-order chi connectivity index (χ1) is 15.8. The number of ether oxygens (including phenoxy) is 3. The van der Waals surface area contributed by atoms with Gasteiger partial charge < -0.3 is 29.5 Å². The van der Waals surface area contributed by atoms with Crippen LogP contribution >= 0.6 is 0 Å². The SMILES string of the molecule is CC[C@H](C)[C@H](NC(=O)N1CCc2cc(OC)c(OC)cc2[C@H]1c1ccc(OC)cc1)C(=O)O. The zero-order chi connectivity index (χ0) is 24.1. The molecule has 0 aliphatic carbocycles. The Labute approximate surface area is 194 Å². The molecule has 1 aliphatic heterocycles. The molecule has 0 radical (unpaired) electrons. The van der Waals surface area contributed by atoms with Gasteiger partial charge in [-0.1, -0.05) is 32.4 Å². The van der Waals surface area contributed by atoms with Crippen molar-refractivity contribution in [2.45, 2.75) is 38.8 Å². The molecule has 0 saturated carbocycles. The van der Waals surface area contributed by atoms with Crippen molar-refractivity contribution in [2.75, 3.05) is 27.9 Å². The third kappa shape index (κ3) is 4.99. The number of carbonyl (C=O) groups is 2. The van der Waals surface area contributed by atoms with E-state index in [1.807, 2.05) is 50.2 Å². The standard InChI is InChI=1S/C25H32N2O6/c1-6-15(2)22(24(28)29)26-25(30)27-12-11-17-13-20(32-4)21(33-5)14-19(17)23(27)16-7-9-18(31-3)10-8-16/h7-10,13-15,22-23H,6,11-12H2,1-5H3,(H,26,30)(H,28,29)/t15-,22-,23+/m0/s1. The van der Waals surface area contributed by atoms with Gasteiger partial charge in [0.25, 0.3) is 0 Å². The zero-order valence-corrected chi connectivity index (χ0v) is 19.8. The fourth-order valence-electron chi connectivity index (χ4n) is 4.21. The molecule has 1 aliphatic rings. The lowest BCUT2D eigenvalue weighted by molar-refractivity contribution is -0.140. The summed E-state index contributed by atoms with van der Waals surface area (Å²) >= 11 is 0. The highest BCUT2D eigenvalue weighted by molar-refractivity contribution is 5.83. The van der Waals surface area contributed by atoms with Crippen LogP contribution in [-0.2, 0) is 11.2 Å². The van der Waals surface area contributed by atoms with E-state index in [1.165, 1.54) is 0 Å². The molecule has 3 atom stereocenters. The van der Waals surface area contributed by atoms with Crippen molar-refractivity contribution < 1.29 is 28.9 Å². The third-order valence-corrected chi connectivity index (χ3v) is 6.32. The lowest BCUT2D eigenvalue weighted by Crippen LogP contribution is -2.53. The predicted molar refractivity (Wildman–Crippen MR) is 124 cm³/mol. The van der Waals surface area contributed by atoms with Crippen LogP contribution in [0, 0.1) is 5.92 Å². The normalized spacial score (nSPS) is 16.9. The second-order valence-corrected chi connectivity index (χ2v) is 8.18. The Hall–Kier alpha value is -3.42. The van der Waals surface area contributed by atoms with Crippen LogP contribution in [0.15, 0.2) is 36.4 Å². The van der Waals surface area contributed by atoms with Crippen molar-refractivity contribution in [3.05, 3.63) is 53.1 Å². The van der Waals surface area contributed by atoms with E-state index >= 15 is 0 Å². The van der Waals surface area contributed by atoms with Crippen LogP contribution in [0.2, 0.25) is 0 Å². The Morgan fingerprint density at radius 1 is 1.09 bits per heavy atom. The molecule has 0 spiro atoms. The summed E-state index contributed by atoms with van der Waals surface area (Å²) in [6.45, 7) is 4.16. The molecule has 0 aromatic heterocycles. The average Bonchev–Trinajstić information content (AvgIpc) is 2.84. The molecular weight excluding hydrogens is 424 g/mol. The van der Waals surface area contributed by atoms with E-state index in [1.54, 1.807) is 26.2 Å². The molecular formula is C25H32N2O6. The number of carbonyl (C=O) groups excluding carboxylic acids is 1. The quantitative estimate of drug-likeness (QED) is 0.626. The molecule has 0 fully saturated rings. The molecule has 33 heavy (non-hydrogen) atoms. The van der Waals surface area contributed by atoms with Gasteiger partial charge in [0.1, 0.15) is 11.8 Å². The molecule has 1 heterocycles. The Morgan fingerprint density at radius 3 is 2.27 bits per heavy atom. The van der Waals surface area contributed by atoms with Gasteiger partial charge in [0.05, 0.1) is 27.4 Å². The number of amides is 2. The van der Waals surface area contributed by atoms with E-state index in [0.29, 0.717) is 36.6 Å². The Kier molecular flexibility index (Phi) is 7.68. The van der Waals surface area contributed by atoms with E-state index in [4.69, 9.17) is 14.2 Å². The van der Waals surface area contributed by atoms with Crippen LogP contribution in [0.3, 0.4) is 0 Å². The molecule has 0 bridgehead atoms. The smallest absolute Gasteiger partial charge is 0.326 e.